The number of nitrogens with one attached hydrogen (secondary N) is 1. The number of aryl methyl sites for hydroxylation is 3. The summed E-state index contributed by atoms with van der Waals surface area (Å²) in [5.41, 5.74) is 1.72. The highest BCUT2D eigenvalue weighted by atomic mass is 19.1. The smallest absolute Gasteiger partial charge is 0.181 e. The largest absolute Gasteiger partial charge is 0.348 e. The van der Waals surface area contributed by atoms with E-state index in [0.29, 0.717) is 17.9 Å². The Morgan fingerprint density at radius 1 is 1.29 bits per heavy atom. The van der Waals surface area contributed by atoms with Crippen LogP contribution in [0.4, 0.5) is 4.39 Å². The third-order valence-electron chi connectivity index (χ3n) is 5.11. The molecule has 0 saturated heterocycles. The van der Waals surface area contributed by atoms with Gasteiger partial charge in [-0.2, -0.15) is 10.2 Å². The molecular weight excluding hydrogens is 359 g/mol. The number of aromatic nitrogens is 8. The molecule has 5 rings (SSSR count). The quantitative estimate of drug-likeness (QED) is 0.576. The Balaban J connectivity index is 1.48. The fourth-order valence-corrected chi connectivity index (χ4v) is 3.67. The third-order valence-corrected chi connectivity index (χ3v) is 5.11. The van der Waals surface area contributed by atoms with Crippen molar-refractivity contribution in [2.24, 2.45) is 0 Å². The van der Waals surface area contributed by atoms with E-state index >= 15 is 0 Å². The molecular formula is C19H19FN8. The number of H-pyrrole nitrogens is 1. The minimum absolute atomic E-state index is 0.202. The molecule has 1 aromatic carbocycles. The van der Waals surface area contributed by atoms with Gasteiger partial charge < -0.3 is 4.98 Å². The van der Waals surface area contributed by atoms with Gasteiger partial charge in [0.25, 0.3) is 0 Å². The summed E-state index contributed by atoms with van der Waals surface area (Å²) in [6, 6.07) is 6.40. The standard InChI is InChI=1S/C19H19FN8/c20-15-3-1-2-13(8-15)18-25-19(14-4-6-27-17(9-14)23-12-24-27)28(26-18)7-5-16-10-21-11-22-16/h1-3,8,10-12,14H,4-7,9H2,(H,21,22). The zero-order valence-corrected chi connectivity index (χ0v) is 15.2. The zero-order chi connectivity index (χ0) is 18.9. The molecule has 3 aromatic heterocycles. The first-order valence-corrected chi connectivity index (χ1v) is 9.31. The number of nitrogens with zero attached hydrogens (tertiary/aromatic N) is 7. The molecule has 8 nitrogen and oxygen atoms in total. The fourth-order valence-electron chi connectivity index (χ4n) is 3.67. The highest BCUT2D eigenvalue weighted by Gasteiger charge is 2.27. The predicted octanol–water partition coefficient (Wildman–Crippen LogP) is 2.37. The van der Waals surface area contributed by atoms with Gasteiger partial charge >= 0.3 is 0 Å². The number of rotatable bonds is 5. The van der Waals surface area contributed by atoms with E-state index in [1.807, 2.05) is 21.6 Å². The summed E-state index contributed by atoms with van der Waals surface area (Å²) in [5.74, 6) is 2.33. The van der Waals surface area contributed by atoms with E-state index in [0.717, 1.165) is 43.1 Å². The molecule has 4 aromatic rings. The summed E-state index contributed by atoms with van der Waals surface area (Å²) in [6.07, 6.45) is 7.53. The lowest BCUT2D eigenvalue weighted by atomic mass is 9.97. The zero-order valence-electron chi connectivity index (χ0n) is 15.2. The van der Waals surface area contributed by atoms with Crippen molar-refractivity contribution in [3.63, 3.8) is 0 Å². The van der Waals surface area contributed by atoms with Crippen LogP contribution < -0.4 is 0 Å². The summed E-state index contributed by atoms with van der Waals surface area (Å²) in [5, 5.41) is 8.95. The minimum Gasteiger partial charge on any atom is -0.348 e. The normalized spacial score (nSPS) is 16.2. The van der Waals surface area contributed by atoms with Crippen molar-refractivity contribution in [3.05, 3.63) is 66.3 Å². The number of hydrogen-bond acceptors (Lipinski definition) is 5. The van der Waals surface area contributed by atoms with Gasteiger partial charge in [-0.3, -0.25) is 4.68 Å². The predicted molar refractivity (Wildman–Crippen MR) is 98.8 cm³/mol. The van der Waals surface area contributed by atoms with E-state index in [1.165, 1.54) is 12.1 Å². The number of imidazole rings is 1. The van der Waals surface area contributed by atoms with Gasteiger partial charge in [-0.15, -0.1) is 0 Å². The van der Waals surface area contributed by atoms with Gasteiger partial charge in [0.1, 0.15) is 23.8 Å². The molecule has 0 fully saturated rings. The van der Waals surface area contributed by atoms with Crippen molar-refractivity contribution in [1.29, 1.82) is 0 Å². The van der Waals surface area contributed by atoms with Crippen LogP contribution in [0.1, 0.15) is 29.7 Å². The van der Waals surface area contributed by atoms with Crippen LogP contribution >= 0.6 is 0 Å². The Kier molecular flexibility index (Phi) is 4.19. The Morgan fingerprint density at radius 2 is 2.25 bits per heavy atom. The second-order valence-electron chi connectivity index (χ2n) is 6.94. The first-order chi connectivity index (χ1) is 13.8. The summed E-state index contributed by atoms with van der Waals surface area (Å²) >= 11 is 0. The van der Waals surface area contributed by atoms with Gasteiger partial charge in [0.15, 0.2) is 5.82 Å². The van der Waals surface area contributed by atoms with Crippen LogP contribution in [0.3, 0.4) is 0 Å². The average Bonchev–Trinajstić information content (AvgIpc) is 3.45. The van der Waals surface area contributed by atoms with Crippen LogP contribution in [0, 0.1) is 5.82 Å². The molecule has 1 N–H and O–H groups in total. The van der Waals surface area contributed by atoms with Gasteiger partial charge in [0.05, 0.1) is 6.33 Å². The van der Waals surface area contributed by atoms with Crippen LogP contribution in [0.25, 0.3) is 11.4 Å². The van der Waals surface area contributed by atoms with E-state index in [4.69, 9.17) is 10.1 Å². The molecule has 9 heteroatoms. The lowest BCUT2D eigenvalue weighted by molar-refractivity contribution is 0.404. The van der Waals surface area contributed by atoms with Crippen LogP contribution in [-0.4, -0.2) is 39.5 Å². The Labute approximate surface area is 160 Å². The van der Waals surface area contributed by atoms with Crippen molar-refractivity contribution in [3.8, 4) is 11.4 Å². The number of aromatic amines is 1. The maximum absolute atomic E-state index is 13.7. The summed E-state index contributed by atoms with van der Waals surface area (Å²) < 4.78 is 17.6. The second-order valence-corrected chi connectivity index (χ2v) is 6.94. The maximum Gasteiger partial charge on any atom is 0.181 e. The lowest BCUT2D eigenvalue weighted by Crippen LogP contribution is -2.22. The molecule has 0 spiro atoms. The minimum atomic E-state index is -0.293. The second kappa shape index (κ2) is 6.99. The Bertz CT molecular complexity index is 1080. The SMILES string of the molecule is Fc1cccc(-c2nc(C3CCn4ncnc4C3)n(CCc3cnc[nH]3)n2)c1. The van der Waals surface area contributed by atoms with Gasteiger partial charge in [-0.05, 0) is 18.6 Å². The Hall–Kier alpha value is -3.36. The number of hydrogen-bond donors (Lipinski definition) is 1. The van der Waals surface area contributed by atoms with E-state index in [9.17, 15) is 4.39 Å². The van der Waals surface area contributed by atoms with E-state index < -0.39 is 0 Å². The Morgan fingerprint density at radius 3 is 3.11 bits per heavy atom. The first-order valence-electron chi connectivity index (χ1n) is 9.31. The van der Waals surface area contributed by atoms with Crippen molar-refractivity contribution >= 4 is 0 Å². The molecule has 1 atom stereocenters. The molecule has 0 bridgehead atoms. The first kappa shape index (κ1) is 16.8. The van der Waals surface area contributed by atoms with Gasteiger partial charge in [0.2, 0.25) is 0 Å². The molecule has 0 radical (unpaired) electrons. The average molecular weight is 378 g/mol. The lowest BCUT2D eigenvalue weighted by Gasteiger charge is -2.21. The summed E-state index contributed by atoms with van der Waals surface area (Å²) in [6.45, 7) is 1.48. The molecule has 0 amide bonds. The van der Waals surface area contributed by atoms with E-state index in [1.54, 1.807) is 18.7 Å². The fraction of sp³-hybridized carbons (Fsp3) is 0.316. The summed E-state index contributed by atoms with van der Waals surface area (Å²) in [7, 11) is 0. The molecule has 0 aliphatic carbocycles. The molecule has 1 aliphatic rings. The molecule has 1 aliphatic heterocycles. The molecule has 4 heterocycles. The molecule has 142 valence electrons. The topological polar surface area (TPSA) is 90.1 Å². The highest BCUT2D eigenvalue weighted by Crippen LogP contribution is 2.29. The highest BCUT2D eigenvalue weighted by molar-refractivity contribution is 5.54. The summed E-state index contributed by atoms with van der Waals surface area (Å²) in [4.78, 5) is 16.3. The number of benzene rings is 1. The van der Waals surface area contributed by atoms with Gasteiger partial charge in [-0.25, -0.2) is 24.0 Å². The number of halogens is 1. The van der Waals surface area contributed by atoms with Crippen molar-refractivity contribution in [2.75, 3.05) is 0 Å². The van der Waals surface area contributed by atoms with Crippen molar-refractivity contribution in [2.45, 2.75) is 38.3 Å². The third kappa shape index (κ3) is 3.19. The monoisotopic (exact) mass is 378 g/mol. The van der Waals surface area contributed by atoms with E-state index in [-0.39, 0.29) is 11.7 Å². The van der Waals surface area contributed by atoms with Crippen LogP contribution in [0.15, 0.2) is 43.1 Å². The molecule has 0 saturated carbocycles. The van der Waals surface area contributed by atoms with Gasteiger partial charge in [0, 0.05) is 49.3 Å². The van der Waals surface area contributed by atoms with E-state index in [2.05, 4.69) is 20.1 Å². The van der Waals surface area contributed by atoms with Crippen molar-refractivity contribution < 1.29 is 4.39 Å². The number of fused-ring (bicyclic) bond motifs is 1. The van der Waals surface area contributed by atoms with Gasteiger partial charge in [-0.1, -0.05) is 12.1 Å². The van der Waals surface area contributed by atoms with Crippen LogP contribution in [0.2, 0.25) is 0 Å². The molecule has 1 unspecified atom stereocenters. The van der Waals surface area contributed by atoms with Crippen LogP contribution in [-0.2, 0) is 25.9 Å². The van der Waals surface area contributed by atoms with Crippen molar-refractivity contribution in [1.82, 2.24) is 39.5 Å². The maximum atomic E-state index is 13.7. The van der Waals surface area contributed by atoms with Crippen LogP contribution in [0.5, 0.6) is 0 Å². The molecule has 28 heavy (non-hydrogen) atoms.